The zero-order valence-corrected chi connectivity index (χ0v) is 22.7. The molecule has 0 bridgehead atoms. The first-order chi connectivity index (χ1) is 19.5. The summed E-state index contributed by atoms with van der Waals surface area (Å²) >= 11 is 0. The highest BCUT2D eigenvalue weighted by atomic mass is 16.7. The molecule has 4 rings (SSSR count). The standard InChI is InChI=1S/C29H28O12/c1-15(30)35-14-24-26(37-16(2)31)27(38-17(3)32)28(39-18(4)33)29(41-24)40-20-10-11-21-23(12-20)36-13-22(25(21)34)19-8-6-5-7-9-19/h5-13,24,26-29H,14H2,1-4H3/t24-,26-,27+,28+,29-/m0/s1. The van der Waals surface area contributed by atoms with Crippen LogP contribution in [0.1, 0.15) is 27.7 Å². The predicted octanol–water partition coefficient (Wildman–Crippen LogP) is 2.92. The Morgan fingerprint density at radius 3 is 2.05 bits per heavy atom. The third kappa shape index (κ3) is 7.09. The van der Waals surface area contributed by atoms with Crippen molar-refractivity contribution in [2.75, 3.05) is 6.61 Å². The molecule has 1 fully saturated rings. The third-order valence-corrected chi connectivity index (χ3v) is 6.03. The van der Waals surface area contributed by atoms with Crippen molar-refractivity contribution in [3.05, 3.63) is 65.0 Å². The lowest BCUT2D eigenvalue weighted by Crippen LogP contribution is -2.63. The van der Waals surface area contributed by atoms with Crippen LogP contribution in [0.25, 0.3) is 22.1 Å². The van der Waals surface area contributed by atoms with Crippen LogP contribution in [0.4, 0.5) is 0 Å². The van der Waals surface area contributed by atoms with Gasteiger partial charge in [0.2, 0.25) is 12.4 Å². The number of carbonyl (C=O) groups is 4. The number of ether oxygens (including phenoxy) is 6. The van der Waals surface area contributed by atoms with Crippen molar-refractivity contribution >= 4 is 34.8 Å². The zero-order valence-electron chi connectivity index (χ0n) is 22.7. The lowest BCUT2D eigenvalue weighted by Gasteiger charge is -2.43. The van der Waals surface area contributed by atoms with Gasteiger partial charge in [-0.1, -0.05) is 30.3 Å². The van der Waals surface area contributed by atoms with E-state index >= 15 is 0 Å². The molecular formula is C29H28O12. The van der Waals surface area contributed by atoms with E-state index in [-0.39, 0.29) is 16.8 Å². The van der Waals surface area contributed by atoms with Gasteiger partial charge in [-0.05, 0) is 17.7 Å². The summed E-state index contributed by atoms with van der Waals surface area (Å²) in [6.45, 7) is 4.16. The number of rotatable bonds is 8. The molecule has 41 heavy (non-hydrogen) atoms. The normalized spacial score (nSPS) is 21.9. The molecule has 2 heterocycles. The summed E-state index contributed by atoms with van der Waals surface area (Å²) in [4.78, 5) is 60.6. The van der Waals surface area contributed by atoms with Gasteiger partial charge in [-0.3, -0.25) is 24.0 Å². The Hall–Kier alpha value is -4.71. The van der Waals surface area contributed by atoms with Crippen molar-refractivity contribution in [2.45, 2.75) is 58.4 Å². The fraction of sp³-hybridized carbons (Fsp3) is 0.345. The maximum atomic E-state index is 13.1. The molecule has 1 saturated heterocycles. The van der Waals surface area contributed by atoms with E-state index in [1.807, 2.05) is 18.2 Å². The smallest absolute Gasteiger partial charge is 0.303 e. The zero-order chi connectivity index (χ0) is 29.7. The SMILES string of the molecule is CC(=O)OC[C@@H]1O[C@H](Oc2ccc3c(=O)c(-c4ccccc4)coc3c2)[C@H](OC(C)=O)[C@H](OC(C)=O)[C@H]1OC(C)=O. The van der Waals surface area contributed by atoms with Gasteiger partial charge in [0.05, 0.1) is 10.9 Å². The van der Waals surface area contributed by atoms with E-state index < -0.39 is 61.2 Å². The Kier molecular flexibility index (Phi) is 9.03. The monoisotopic (exact) mass is 568 g/mol. The lowest BCUT2D eigenvalue weighted by molar-refractivity contribution is -0.288. The molecule has 0 saturated carbocycles. The third-order valence-electron chi connectivity index (χ3n) is 6.03. The van der Waals surface area contributed by atoms with Crippen molar-refractivity contribution in [3.63, 3.8) is 0 Å². The largest absolute Gasteiger partial charge is 0.463 e. The van der Waals surface area contributed by atoms with Crippen LogP contribution in [0.2, 0.25) is 0 Å². The molecule has 0 N–H and O–H groups in total. The molecule has 2 aromatic carbocycles. The first-order valence-corrected chi connectivity index (χ1v) is 12.6. The second-order valence-electron chi connectivity index (χ2n) is 9.19. The highest BCUT2D eigenvalue weighted by Crippen LogP contribution is 2.32. The van der Waals surface area contributed by atoms with Crippen molar-refractivity contribution in [1.82, 2.24) is 0 Å². The molecule has 1 aliphatic heterocycles. The molecular weight excluding hydrogens is 540 g/mol. The molecule has 12 nitrogen and oxygen atoms in total. The van der Waals surface area contributed by atoms with Crippen molar-refractivity contribution < 1.29 is 52.0 Å². The van der Waals surface area contributed by atoms with Crippen LogP contribution >= 0.6 is 0 Å². The van der Waals surface area contributed by atoms with E-state index in [0.29, 0.717) is 16.5 Å². The molecule has 3 aromatic rings. The number of carbonyl (C=O) groups excluding carboxylic acids is 4. The Bertz CT molecular complexity index is 1490. The average molecular weight is 569 g/mol. The quantitative estimate of drug-likeness (QED) is 0.290. The molecule has 0 unspecified atom stereocenters. The minimum atomic E-state index is -1.43. The first-order valence-electron chi connectivity index (χ1n) is 12.6. The topological polar surface area (TPSA) is 154 Å². The second-order valence-corrected chi connectivity index (χ2v) is 9.19. The van der Waals surface area contributed by atoms with Crippen LogP contribution in [-0.4, -0.2) is 61.2 Å². The summed E-state index contributed by atoms with van der Waals surface area (Å²) in [6.07, 6.45) is -5.35. The van der Waals surface area contributed by atoms with E-state index in [4.69, 9.17) is 32.8 Å². The van der Waals surface area contributed by atoms with Gasteiger partial charge in [-0.25, -0.2) is 0 Å². The lowest BCUT2D eigenvalue weighted by atomic mass is 9.98. The average Bonchev–Trinajstić information content (AvgIpc) is 2.91. The number of hydrogen-bond acceptors (Lipinski definition) is 12. The molecule has 0 amide bonds. The van der Waals surface area contributed by atoms with Crippen molar-refractivity contribution in [3.8, 4) is 16.9 Å². The molecule has 1 aliphatic rings. The van der Waals surface area contributed by atoms with Gasteiger partial charge in [-0.15, -0.1) is 0 Å². The number of esters is 4. The first kappa shape index (κ1) is 29.3. The minimum Gasteiger partial charge on any atom is -0.463 e. The molecule has 0 radical (unpaired) electrons. The van der Waals surface area contributed by atoms with Crippen LogP contribution in [-0.2, 0) is 42.9 Å². The van der Waals surface area contributed by atoms with E-state index in [0.717, 1.165) is 20.8 Å². The molecule has 216 valence electrons. The van der Waals surface area contributed by atoms with Crippen LogP contribution in [0.5, 0.6) is 5.75 Å². The van der Waals surface area contributed by atoms with E-state index in [2.05, 4.69) is 0 Å². The molecule has 12 heteroatoms. The molecule has 1 aromatic heterocycles. The Morgan fingerprint density at radius 2 is 1.41 bits per heavy atom. The van der Waals surface area contributed by atoms with Gasteiger partial charge in [0.1, 0.15) is 30.3 Å². The molecule has 0 spiro atoms. The molecule has 5 atom stereocenters. The van der Waals surface area contributed by atoms with Gasteiger partial charge in [0, 0.05) is 33.8 Å². The summed E-state index contributed by atoms with van der Waals surface area (Å²) in [5.41, 5.74) is 1.03. The van der Waals surface area contributed by atoms with Gasteiger partial charge in [-0.2, -0.15) is 0 Å². The van der Waals surface area contributed by atoms with E-state index in [1.165, 1.54) is 31.4 Å². The van der Waals surface area contributed by atoms with Gasteiger partial charge >= 0.3 is 23.9 Å². The summed E-state index contributed by atoms with van der Waals surface area (Å²) in [6, 6.07) is 13.5. The predicted molar refractivity (Wildman–Crippen MR) is 141 cm³/mol. The molecule has 0 aliphatic carbocycles. The van der Waals surface area contributed by atoms with Crippen molar-refractivity contribution in [2.24, 2.45) is 0 Å². The van der Waals surface area contributed by atoms with Crippen LogP contribution in [0.3, 0.4) is 0 Å². The van der Waals surface area contributed by atoms with Crippen LogP contribution < -0.4 is 10.2 Å². The maximum Gasteiger partial charge on any atom is 0.303 e. The minimum absolute atomic E-state index is 0.147. The number of hydrogen-bond donors (Lipinski definition) is 0. The summed E-state index contributed by atoms with van der Waals surface area (Å²) in [5.74, 6) is -2.77. The van der Waals surface area contributed by atoms with Crippen molar-refractivity contribution in [1.29, 1.82) is 0 Å². The fourth-order valence-corrected chi connectivity index (χ4v) is 4.42. The van der Waals surface area contributed by atoms with E-state index in [9.17, 15) is 24.0 Å². The Morgan fingerprint density at radius 1 is 0.780 bits per heavy atom. The van der Waals surface area contributed by atoms with Crippen LogP contribution in [0.15, 0.2) is 64.0 Å². The number of fused-ring (bicyclic) bond motifs is 1. The summed E-state index contributed by atoms with van der Waals surface area (Å²) in [5, 5.41) is 0.292. The van der Waals surface area contributed by atoms with E-state index in [1.54, 1.807) is 12.1 Å². The second kappa shape index (κ2) is 12.6. The maximum absolute atomic E-state index is 13.1. The van der Waals surface area contributed by atoms with Gasteiger partial charge in [0.15, 0.2) is 17.6 Å². The highest BCUT2D eigenvalue weighted by molar-refractivity contribution is 5.82. The Balaban J connectivity index is 1.70. The summed E-state index contributed by atoms with van der Waals surface area (Å²) < 4.78 is 38.9. The van der Waals surface area contributed by atoms with Crippen LogP contribution in [0, 0.1) is 0 Å². The van der Waals surface area contributed by atoms with Gasteiger partial charge in [0.25, 0.3) is 0 Å². The fourth-order valence-electron chi connectivity index (χ4n) is 4.42. The highest BCUT2D eigenvalue weighted by Gasteiger charge is 2.53. The Labute approximate surface area is 234 Å². The summed E-state index contributed by atoms with van der Waals surface area (Å²) in [7, 11) is 0. The number of benzene rings is 2. The van der Waals surface area contributed by atoms with Gasteiger partial charge < -0.3 is 32.8 Å².